The highest BCUT2D eigenvalue weighted by atomic mass is 32.2. The van der Waals surface area contributed by atoms with Crippen LogP contribution in [0.15, 0.2) is 59.5 Å². The Kier molecular flexibility index (Phi) is 5.16. The lowest BCUT2D eigenvalue weighted by atomic mass is 10.1. The predicted octanol–water partition coefficient (Wildman–Crippen LogP) is 4.12. The van der Waals surface area contributed by atoms with Gasteiger partial charge < -0.3 is 0 Å². The molecule has 98 valence electrons. The van der Waals surface area contributed by atoms with Crippen molar-refractivity contribution in [2.24, 2.45) is 0 Å². The minimum absolute atomic E-state index is 0.150. The maximum absolute atomic E-state index is 13.4. The Morgan fingerprint density at radius 3 is 2.42 bits per heavy atom. The first-order chi connectivity index (χ1) is 9.25. The Hall–Kier alpha value is -1.61. The van der Waals surface area contributed by atoms with Gasteiger partial charge in [0.25, 0.3) is 0 Å². The molecule has 3 heteroatoms. The number of hydrogen-bond donors (Lipinski definition) is 0. The summed E-state index contributed by atoms with van der Waals surface area (Å²) in [5.41, 5.74) is 1.16. The van der Waals surface area contributed by atoms with E-state index in [1.165, 1.54) is 17.8 Å². The molecule has 0 heterocycles. The second kappa shape index (κ2) is 7.10. The minimum Gasteiger partial charge on any atom is -0.299 e. The van der Waals surface area contributed by atoms with E-state index in [2.05, 4.69) is 0 Å². The summed E-state index contributed by atoms with van der Waals surface area (Å²) in [6.07, 6.45) is 1.25. The van der Waals surface area contributed by atoms with Gasteiger partial charge in [-0.25, -0.2) is 4.39 Å². The van der Waals surface area contributed by atoms with Crippen LogP contribution in [-0.4, -0.2) is 11.5 Å². The van der Waals surface area contributed by atoms with Crippen molar-refractivity contribution >= 4 is 17.5 Å². The van der Waals surface area contributed by atoms with Crippen molar-refractivity contribution < 1.29 is 9.18 Å². The molecule has 0 atom stereocenters. The fourth-order valence-electron chi connectivity index (χ4n) is 1.72. The molecule has 0 aromatic heterocycles. The Morgan fingerprint density at radius 2 is 1.68 bits per heavy atom. The molecule has 0 fully saturated rings. The second-order valence-electron chi connectivity index (χ2n) is 4.24. The van der Waals surface area contributed by atoms with Gasteiger partial charge in [0, 0.05) is 11.3 Å². The molecule has 2 aromatic carbocycles. The van der Waals surface area contributed by atoms with Gasteiger partial charge in [0.05, 0.1) is 5.75 Å². The smallest absolute Gasteiger partial charge is 0.143 e. The molecular formula is C16H15FOS. The van der Waals surface area contributed by atoms with Crippen molar-refractivity contribution in [3.8, 4) is 0 Å². The summed E-state index contributed by atoms with van der Waals surface area (Å²) < 4.78 is 13.4. The molecule has 0 radical (unpaired) electrons. The number of halogens is 1. The lowest BCUT2D eigenvalue weighted by Gasteiger charge is -2.03. The van der Waals surface area contributed by atoms with E-state index in [0.29, 0.717) is 17.1 Å². The van der Waals surface area contributed by atoms with Gasteiger partial charge in [-0.1, -0.05) is 42.5 Å². The Balaban J connectivity index is 1.78. The second-order valence-corrected chi connectivity index (χ2v) is 5.26. The van der Waals surface area contributed by atoms with Crippen LogP contribution in [-0.2, 0) is 11.2 Å². The predicted molar refractivity (Wildman–Crippen MR) is 76.9 cm³/mol. The van der Waals surface area contributed by atoms with Crippen LogP contribution >= 0.6 is 11.8 Å². The Morgan fingerprint density at radius 1 is 1.00 bits per heavy atom. The molecule has 1 nitrogen and oxygen atoms in total. The molecule has 0 bridgehead atoms. The summed E-state index contributed by atoms with van der Waals surface area (Å²) in [6, 6.07) is 16.5. The van der Waals surface area contributed by atoms with Crippen LogP contribution in [0.5, 0.6) is 0 Å². The minimum atomic E-state index is -0.261. The molecule has 0 aliphatic rings. The van der Waals surface area contributed by atoms with E-state index < -0.39 is 0 Å². The molecule has 0 spiro atoms. The molecular weight excluding hydrogens is 259 g/mol. The number of carbonyl (C=O) groups is 1. The van der Waals surface area contributed by atoms with Gasteiger partial charge in [-0.05, 0) is 24.1 Å². The first-order valence-electron chi connectivity index (χ1n) is 6.18. The van der Waals surface area contributed by atoms with Crippen LogP contribution in [0.25, 0.3) is 0 Å². The largest absolute Gasteiger partial charge is 0.299 e. The standard InChI is InChI=1S/C16H15FOS/c17-15-8-4-5-9-16(15)19-12-14(18)11-10-13-6-2-1-3-7-13/h1-9H,10-12H2. The zero-order chi connectivity index (χ0) is 13.5. The lowest BCUT2D eigenvalue weighted by molar-refractivity contribution is -0.116. The first kappa shape index (κ1) is 13.8. The van der Waals surface area contributed by atoms with Gasteiger partial charge in [0.15, 0.2) is 0 Å². The van der Waals surface area contributed by atoms with E-state index in [1.807, 2.05) is 30.3 Å². The van der Waals surface area contributed by atoms with Gasteiger partial charge >= 0.3 is 0 Å². The summed E-state index contributed by atoms with van der Waals surface area (Å²) in [4.78, 5) is 12.3. The topological polar surface area (TPSA) is 17.1 Å². The fourth-order valence-corrected chi connectivity index (χ4v) is 2.56. The SMILES string of the molecule is O=C(CCc1ccccc1)CSc1ccccc1F. The van der Waals surface area contributed by atoms with E-state index in [9.17, 15) is 9.18 Å². The number of carbonyl (C=O) groups excluding carboxylic acids is 1. The number of thioether (sulfide) groups is 1. The lowest BCUT2D eigenvalue weighted by Crippen LogP contribution is -2.03. The third kappa shape index (κ3) is 4.52. The number of ketones is 1. The molecule has 0 N–H and O–H groups in total. The molecule has 2 aromatic rings. The van der Waals surface area contributed by atoms with Gasteiger partial charge in [-0.2, -0.15) is 0 Å². The molecule has 0 unspecified atom stereocenters. The number of Topliss-reactive ketones (excluding diaryl/α,β-unsaturated/α-hetero) is 1. The van der Waals surface area contributed by atoms with Gasteiger partial charge in [0.2, 0.25) is 0 Å². The summed E-state index contributed by atoms with van der Waals surface area (Å²) in [5, 5.41) is 0. The van der Waals surface area contributed by atoms with Crippen molar-refractivity contribution in [1.82, 2.24) is 0 Å². The first-order valence-corrected chi connectivity index (χ1v) is 7.17. The highest BCUT2D eigenvalue weighted by Gasteiger charge is 2.06. The molecule has 0 aliphatic heterocycles. The van der Waals surface area contributed by atoms with E-state index in [0.717, 1.165) is 12.0 Å². The highest BCUT2D eigenvalue weighted by Crippen LogP contribution is 2.21. The van der Waals surface area contributed by atoms with Crippen molar-refractivity contribution in [1.29, 1.82) is 0 Å². The number of rotatable bonds is 6. The third-order valence-electron chi connectivity index (χ3n) is 2.76. The van der Waals surface area contributed by atoms with E-state index >= 15 is 0 Å². The molecule has 0 amide bonds. The fraction of sp³-hybridized carbons (Fsp3) is 0.188. The monoisotopic (exact) mass is 274 g/mol. The van der Waals surface area contributed by atoms with Crippen molar-refractivity contribution in [3.63, 3.8) is 0 Å². The zero-order valence-electron chi connectivity index (χ0n) is 10.5. The average molecular weight is 274 g/mol. The summed E-state index contributed by atoms with van der Waals surface area (Å²) in [7, 11) is 0. The van der Waals surface area contributed by atoms with Gasteiger partial charge in [-0.3, -0.25) is 4.79 Å². The summed E-state index contributed by atoms with van der Waals surface area (Å²) in [6.45, 7) is 0. The maximum Gasteiger partial charge on any atom is 0.143 e. The molecule has 0 saturated carbocycles. The van der Waals surface area contributed by atoms with Crippen molar-refractivity contribution in [3.05, 3.63) is 66.0 Å². The zero-order valence-corrected chi connectivity index (χ0v) is 11.3. The van der Waals surface area contributed by atoms with Gasteiger partial charge in [-0.15, -0.1) is 11.8 Å². The van der Waals surface area contributed by atoms with Crippen LogP contribution < -0.4 is 0 Å². The molecule has 19 heavy (non-hydrogen) atoms. The molecule has 2 rings (SSSR count). The van der Waals surface area contributed by atoms with E-state index in [4.69, 9.17) is 0 Å². The Labute approximate surface area is 116 Å². The van der Waals surface area contributed by atoms with Crippen molar-refractivity contribution in [2.45, 2.75) is 17.7 Å². The van der Waals surface area contributed by atoms with Crippen LogP contribution in [0.2, 0.25) is 0 Å². The molecule has 0 saturated heterocycles. The van der Waals surface area contributed by atoms with Crippen LogP contribution in [0.1, 0.15) is 12.0 Å². The maximum atomic E-state index is 13.4. The van der Waals surface area contributed by atoms with Crippen LogP contribution in [0, 0.1) is 5.82 Å². The number of aryl methyl sites for hydroxylation is 1. The normalized spacial score (nSPS) is 10.4. The number of benzene rings is 2. The Bertz CT molecular complexity index is 539. The molecule has 0 aliphatic carbocycles. The number of hydrogen-bond acceptors (Lipinski definition) is 2. The third-order valence-corrected chi connectivity index (χ3v) is 3.87. The van der Waals surface area contributed by atoms with Crippen LogP contribution in [0.4, 0.5) is 4.39 Å². The summed E-state index contributed by atoms with van der Waals surface area (Å²) >= 11 is 1.27. The quantitative estimate of drug-likeness (QED) is 0.737. The summed E-state index contributed by atoms with van der Waals surface area (Å²) in [5.74, 6) is 0.216. The van der Waals surface area contributed by atoms with Crippen LogP contribution in [0.3, 0.4) is 0 Å². The highest BCUT2D eigenvalue weighted by molar-refractivity contribution is 8.00. The van der Waals surface area contributed by atoms with E-state index in [-0.39, 0.29) is 11.6 Å². The van der Waals surface area contributed by atoms with Gasteiger partial charge in [0.1, 0.15) is 11.6 Å². The van der Waals surface area contributed by atoms with Crippen molar-refractivity contribution in [2.75, 3.05) is 5.75 Å². The average Bonchev–Trinajstić information content (AvgIpc) is 2.45. The van der Waals surface area contributed by atoms with E-state index in [1.54, 1.807) is 18.2 Å².